The van der Waals surface area contributed by atoms with Crippen molar-refractivity contribution in [3.63, 3.8) is 0 Å². The van der Waals surface area contributed by atoms with Gasteiger partial charge in [-0.05, 0) is 37.1 Å². The fourth-order valence-corrected chi connectivity index (χ4v) is 3.75. The van der Waals surface area contributed by atoms with Crippen LogP contribution in [0.5, 0.6) is 0 Å². The van der Waals surface area contributed by atoms with Crippen LogP contribution in [-0.2, 0) is 6.54 Å². The van der Waals surface area contributed by atoms with Crippen LogP contribution >= 0.6 is 0 Å². The first kappa shape index (κ1) is 17.0. The van der Waals surface area contributed by atoms with Crippen LogP contribution in [0.15, 0.2) is 54.1 Å². The molecule has 1 N–H and O–H groups in total. The van der Waals surface area contributed by atoms with Gasteiger partial charge in [0, 0.05) is 46.5 Å². The first-order valence-electron chi connectivity index (χ1n) is 9.65. The third kappa shape index (κ3) is 3.73. The van der Waals surface area contributed by atoms with E-state index in [0.717, 1.165) is 63.1 Å². The molecule has 26 heavy (non-hydrogen) atoms. The van der Waals surface area contributed by atoms with Crippen LogP contribution in [-0.4, -0.2) is 52.5 Å². The van der Waals surface area contributed by atoms with Crippen molar-refractivity contribution in [1.82, 2.24) is 25.1 Å². The second kappa shape index (κ2) is 7.87. The van der Waals surface area contributed by atoms with Gasteiger partial charge < -0.3 is 15.1 Å². The molecule has 2 aromatic rings. The number of nitrogens with zero attached hydrogens (tertiary/aromatic N) is 4. The average molecular weight is 351 g/mol. The molecule has 0 unspecified atom stereocenters. The number of nitrogens with one attached hydrogen (secondary N) is 1. The van der Waals surface area contributed by atoms with Gasteiger partial charge in [0.2, 0.25) is 0 Å². The lowest BCUT2D eigenvalue weighted by Crippen LogP contribution is -2.46. The minimum Gasteiger partial charge on any atom is -0.380 e. The third-order valence-corrected chi connectivity index (χ3v) is 5.31. The molecule has 0 amide bonds. The lowest BCUT2D eigenvalue weighted by Gasteiger charge is -2.38. The van der Waals surface area contributed by atoms with Crippen LogP contribution in [0.4, 0.5) is 0 Å². The highest BCUT2D eigenvalue weighted by Gasteiger charge is 2.21. The van der Waals surface area contributed by atoms with Crippen LogP contribution < -0.4 is 5.32 Å². The third-order valence-electron chi connectivity index (χ3n) is 5.31. The van der Waals surface area contributed by atoms with Gasteiger partial charge >= 0.3 is 0 Å². The predicted molar refractivity (Wildman–Crippen MR) is 108 cm³/mol. The standard InChI is InChI=1S/C21H27N5.H2/c1-2-25-11-13-26(14-12-25)21-6-4-3-5-19(21)24-16-17-7-8-18-20(15-17)23-10-9-22-18;/h5-10,15,24H,2-4,11-14,16H2,1H3;1H. The van der Waals surface area contributed by atoms with Crippen molar-refractivity contribution in [2.45, 2.75) is 26.3 Å². The van der Waals surface area contributed by atoms with E-state index in [1.54, 1.807) is 12.4 Å². The van der Waals surface area contributed by atoms with Gasteiger partial charge in [0.15, 0.2) is 0 Å². The first-order valence-corrected chi connectivity index (χ1v) is 9.65. The molecule has 4 rings (SSSR count). The summed E-state index contributed by atoms with van der Waals surface area (Å²) in [5, 5.41) is 3.66. The number of piperazine rings is 1. The number of allylic oxidation sites excluding steroid dienone is 2. The summed E-state index contributed by atoms with van der Waals surface area (Å²) in [7, 11) is 0. The zero-order valence-electron chi connectivity index (χ0n) is 15.5. The molecule has 0 spiro atoms. The fraction of sp³-hybridized carbons (Fsp3) is 0.429. The smallest absolute Gasteiger partial charge is 0.0890 e. The second-order valence-electron chi connectivity index (χ2n) is 6.94. The molecule has 0 saturated carbocycles. The Bertz CT molecular complexity index is 824. The van der Waals surface area contributed by atoms with Gasteiger partial charge in [-0.2, -0.15) is 0 Å². The molecule has 138 valence electrons. The number of likely N-dealkylation sites (N-methyl/N-ethyl adjacent to an activating group) is 1. The molecular formula is C21H29N5. The number of benzene rings is 1. The van der Waals surface area contributed by atoms with E-state index in [1.165, 1.54) is 17.0 Å². The molecule has 1 aromatic heterocycles. The molecule has 2 aliphatic rings. The quantitative estimate of drug-likeness (QED) is 0.896. The maximum Gasteiger partial charge on any atom is 0.0890 e. The van der Waals surface area contributed by atoms with Gasteiger partial charge in [-0.1, -0.05) is 25.1 Å². The predicted octanol–water partition coefficient (Wildman–Crippen LogP) is 3.16. The van der Waals surface area contributed by atoms with E-state index in [1.807, 2.05) is 0 Å². The average Bonchev–Trinajstić information content (AvgIpc) is 2.72. The Morgan fingerprint density at radius 2 is 1.77 bits per heavy atom. The molecule has 5 heteroatoms. The van der Waals surface area contributed by atoms with Crippen LogP contribution in [0.1, 0.15) is 26.8 Å². The number of rotatable bonds is 5. The molecule has 0 bridgehead atoms. The molecule has 0 atom stereocenters. The van der Waals surface area contributed by atoms with Crippen LogP contribution in [0.2, 0.25) is 0 Å². The van der Waals surface area contributed by atoms with Gasteiger partial charge in [0.1, 0.15) is 0 Å². The lowest BCUT2D eigenvalue weighted by molar-refractivity contribution is 0.165. The SMILES string of the molecule is CCN1CCN(C2=CCCC=C2NCc2ccc3nccnc3c2)CC1.[HH]. The molecule has 5 nitrogen and oxygen atoms in total. The van der Waals surface area contributed by atoms with E-state index >= 15 is 0 Å². The van der Waals surface area contributed by atoms with Crippen molar-refractivity contribution in [3.05, 3.63) is 59.7 Å². The van der Waals surface area contributed by atoms with Crippen LogP contribution in [0.25, 0.3) is 11.0 Å². The summed E-state index contributed by atoms with van der Waals surface area (Å²) in [5.41, 5.74) is 5.80. The Hall–Kier alpha value is -2.40. The Balaban J connectivity index is 0.00000210. The van der Waals surface area contributed by atoms with Crippen LogP contribution in [0, 0.1) is 0 Å². The maximum absolute atomic E-state index is 4.41. The summed E-state index contributed by atoms with van der Waals surface area (Å²) >= 11 is 0. The minimum atomic E-state index is 0. The van der Waals surface area contributed by atoms with E-state index in [-0.39, 0.29) is 1.43 Å². The minimum absolute atomic E-state index is 0. The molecule has 2 heterocycles. The molecular weight excluding hydrogens is 322 g/mol. The van der Waals surface area contributed by atoms with E-state index in [9.17, 15) is 0 Å². The molecule has 1 aliphatic heterocycles. The van der Waals surface area contributed by atoms with Gasteiger partial charge in [0.05, 0.1) is 22.4 Å². The largest absolute Gasteiger partial charge is 0.380 e. The molecule has 1 fully saturated rings. The number of fused-ring (bicyclic) bond motifs is 1. The summed E-state index contributed by atoms with van der Waals surface area (Å²) in [6, 6.07) is 6.31. The normalized spacial score (nSPS) is 18.6. The number of hydrogen-bond acceptors (Lipinski definition) is 5. The van der Waals surface area contributed by atoms with E-state index < -0.39 is 0 Å². The summed E-state index contributed by atoms with van der Waals surface area (Å²) in [5.74, 6) is 0. The highest BCUT2D eigenvalue weighted by Crippen LogP contribution is 2.22. The Morgan fingerprint density at radius 3 is 2.58 bits per heavy atom. The van der Waals surface area contributed by atoms with Crippen molar-refractivity contribution in [2.24, 2.45) is 0 Å². The monoisotopic (exact) mass is 351 g/mol. The maximum atomic E-state index is 4.41. The summed E-state index contributed by atoms with van der Waals surface area (Å²) in [6.07, 6.45) is 10.5. The van der Waals surface area contributed by atoms with Crippen molar-refractivity contribution >= 4 is 11.0 Å². The van der Waals surface area contributed by atoms with Crippen molar-refractivity contribution < 1.29 is 1.43 Å². The first-order chi connectivity index (χ1) is 12.8. The van der Waals surface area contributed by atoms with Gasteiger partial charge in [-0.3, -0.25) is 9.97 Å². The summed E-state index contributed by atoms with van der Waals surface area (Å²) in [4.78, 5) is 13.8. The van der Waals surface area contributed by atoms with E-state index in [2.05, 4.69) is 62.4 Å². The van der Waals surface area contributed by atoms with Crippen molar-refractivity contribution in [2.75, 3.05) is 32.7 Å². The van der Waals surface area contributed by atoms with E-state index in [4.69, 9.17) is 0 Å². The van der Waals surface area contributed by atoms with Gasteiger partial charge in [0.25, 0.3) is 0 Å². The molecule has 1 aliphatic carbocycles. The van der Waals surface area contributed by atoms with Gasteiger partial charge in [-0.15, -0.1) is 0 Å². The Labute approximate surface area is 156 Å². The molecule has 0 radical (unpaired) electrons. The highest BCUT2D eigenvalue weighted by molar-refractivity contribution is 5.74. The van der Waals surface area contributed by atoms with Gasteiger partial charge in [-0.25, -0.2) is 0 Å². The number of aromatic nitrogens is 2. The lowest BCUT2D eigenvalue weighted by atomic mass is 10.1. The molecule has 1 aromatic carbocycles. The summed E-state index contributed by atoms with van der Waals surface area (Å²) < 4.78 is 0. The zero-order valence-corrected chi connectivity index (χ0v) is 15.5. The summed E-state index contributed by atoms with van der Waals surface area (Å²) in [6.45, 7) is 8.75. The van der Waals surface area contributed by atoms with Crippen LogP contribution in [0.3, 0.4) is 0 Å². The molecule has 1 saturated heterocycles. The zero-order chi connectivity index (χ0) is 17.8. The topological polar surface area (TPSA) is 44.3 Å². The number of hydrogen-bond donors (Lipinski definition) is 1. The van der Waals surface area contributed by atoms with E-state index in [0.29, 0.717) is 0 Å². The Morgan fingerprint density at radius 1 is 1.00 bits per heavy atom. The van der Waals surface area contributed by atoms with Crippen molar-refractivity contribution in [1.29, 1.82) is 0 Å². The Kier molecular flexibility index (Phi) is 5.16. The fourth-order valence-electron chi connectivity index (χ4n) is 3.75. The highest BCUT2D eigenvalue weighted by atomic mass is 15.3. The second-order valence-corrected chi connectivity index (χ2v) is 6.94. The van der Waals surface area contributed by atoms with Crippen molar-refractivity contribution in [3.8, 4) is 0 Å².